The molecule has 0 spiro atoms. The van der Waals surface area contributed by atoms with Gasteiger partial charge in [-0.05, 0) is 43.3 Å². The lowest BCUT2D eigenvalue weighted by Gasteiger charge is -2.11. The number of amides is 1. The number of anilines is 1. The number of halogens is 1. The summed E-state index contributed by atoms with van der Waals surface area (Å²) in [6.07, 6.45) is 0. The van der Waals surface area contributed by atoms with E-state index in [0.717, 1.165) is 5.56 Å². The van der Waals surface area contributed by atoms with Gasteiger partial charge in [0.2, 0.25) is 5.91 Å². The smallest absolute Gasteiger partial charge is 0.234 e. The Hall–Kier alpha value is -2.87. The number of hydrogen-bond donors (Lipinski definition) is 1. The summed E-state index contributed by atoms with van der Waals surface area (Å²) in [5, 5.41) is 11.7. The molecule has 0 radical (unpaired) electrons. The lowest BCUT2D eigenvalue weighted by molar-refractivity contribution is -0.113. The lowest BCUT2D eigenvalue weighted by atomic mass is 10.2. The SMILES string of the molecule is CCOc1ccccc1NC(=O)CSc1nnc(-c2ccc(F)cc2)n1C. The minimum absolute atomic E-state index is 0.168. The molecule has 0 saturated carbocycles. The van der Waals surface area contributed by atoms with E-state index in [0.29, 0.717) is 29.0 Å². The van der Waals surface area contributed by atoms with Crippen molar-refractivity contribution in [2.75, 3.05) is 17.7 Å². The number of thioether (sulfide) groups is 1. The predicted molar refractivity (Wildman–Crippen MR) is 103 cm³/mol. The Balaban J connectivity index is 1.64. The molecule has 0 aliphatic rings. The topological polar surface area (TPSA) is 69.0 Å². The molecular weight excluding hydrogens is 367 g/mol. The maximum Gasteiger partial charge on any atom is 0.234 e. The van der Waals surface area contributed by atoms with Crippen LogP contribution in [0, 0.1) is 5.82 Å². The van der Waals surface area contributed by atoms with E-state index < -0.39 is 0 Å². The molecule has 1 heterocycles. The van der Waals surface area contributed by atoms with Crippen LogP contribution in [0.5, 0.6) is 5.75 Å². The molecule has 140 valence electrons. The Morgan fingerprint density at radius 1 is 1.19 bits per heavy atom. The third-order valence-electron chi connectivity index (χ3n) is 3.73. The van der Waals surface area contributed by atoms with Crippen molar-refractivity contribution in [3.63, 3.8) is 0 Å². The van der Waals surface area contributed by atoms with Gasteiger partial charge in [0.15, 0.2) is 11.0 Å². The van der Waals surface area contributed by atoms with Crippen molar-refractivity contribution in [1.82, 2.24) is 14.8 Å². The summed E-state index contributed by atoms with van der Waals surface area (Å²) in [7, 11) is 1.81. The van der Waals surface area contributed by atoms with Crippen LogP contribution in [0.1, 0.15) is 6.92 Å². The summed E-state index contributed by atoms with van der Waals surface area (Å²) in [5.41, 5.74) is 1.39. The van der Waals surface area contributed by atoms with Crippen molar-refractivity contribution in [1.29, 1.82) is 0 Å². The van der Waals surface area contributed by atoms with Crippen LogP contribution in [0.25, 0.3) is 11.4 Å². The zero-order chi connectivity index (χ0) is 19.2. The van der Waals surface area contributed by atoms with Crippen LogP contribution >= 0.6 is 11.8 Å². The Morgan fingerprint density at radius 2 is 1.93 bits per heavy atom. The number of para-hydroxylation sites is 2. The maximum absolute atomic E-state index is 13.1. The van der Waals surface area contributed by atoms with E-state index in [9.17, 15) is 9.18 Å². The Morgan fingerprint density at radius 3 is 2.67 bits per heavy atom. The average Bonchev–Trinajstić information content (AvgIpc) is 3.03. The number of carbonyl (C=O) groups excluding carboxylic acids is 1. The van der Waals surface area contributed by atoms with Crippen molar-refractivity contribution in [2.45, 2.75) is 12.1 Å². The van der Waals surface area contributed by atoms with E-state index in [1.165, 1.54) is 23.9 Å². The molecule has 0 saturated heterocycles. The summed E-state index contributed by atoms with van der Waals surface area (Å²) in [6, 6.07) is 13.3. The number of nitrogens with one attached hydrogen (secondary N) is 1. The van der Waals surface area contributed by atoms with Gasteiger partial charge in [0, 0.05) is 12.6 Å². The highest BCUT2D eigenvalue weighted by molar-refractivity contribution is 7.99. The van der Waals surface area contributed by atoms with Crippen molar-refractivity contribution in [2.24, 2.45) is 7.05 Å². The standard InChI is InChI=1S/C19H19FN4O2S/c1-3-26-16-7-5-4-6-15(16)21-17(25)12-27-19-23-22-18(24(19)2)13-8-10-14(20)11-9-13/h4-11H,3,12H2,1-2H3,(H,21,25). The molecule has 0 aliphatic heterocycles. The molecule has 3 aromatic rings. The number of aromatic nitrogens is 3. The van der Waals surface area contributed by atoms with Crippen LogP contribution in [-0.2, 0) is 11.8 Å². The van der Waals surface area contributed by atoms with Gasteiger partial charge in [-0.3, -0.25) is 4.79 Å². The molecule has 0 atom stereocenters. The van der Waals surface area contributed by atoms with Gasteiger partial charge < -0.3 is 14.6 Å². The largest absolute Gasteiger partial charge is 0.492 e. The average molecular weight is 386 g/mol. The molecule has 1 amide bonds. The fourth-order valence-electron chi connectivity index (χ4n) is 2.46. The number of hydrogen-bond acceptors (Lipinski definition) is 5. The van der Waals surface area contributed by atoms with Gasteiger partial charge in [-0.2, -0.15) is 0 Å². The number of rotatable bonds is 7. The molecule has 27 heavy (non-hydrogen) atoms. The fraction of sp³-hybridized carbons (Fsp3) is 0.211. The van der Waals surface area contributed by atoms with Crippen LogP contribution in [0.4, 0.5) is 10.1 Å². The van der Waals surface area contributed by atoms with Crippen LogP contribution in [0.15, 0.2) is 53.7 Å². The molecule has 1 aromatic heterocycles. The summed E-state index contributed by atoms with van der Waals surface area (Å²) in [6.45, 7) is 2.41. The summed E-state index contributed by atoms with van der Waals surface area (Å²) in [5.74, 6) is 0.948. The molecule has 1 N–H and O–H groups in total. The van der Waals surface area contributed by atoms with Gasteiger partial charge in [0.25, 0.3) is 0 Å². The second-order valence-electron chi connectivity index (χ2n) is 5.64. The number of nitrogens with zero attached hydrogens (tertiary/aromatic N) is 3. The molecule has 8 heteroatoms. The predicted octanol–water partition coefficient (Wildman–Crippen LogP) is 3.75. The molecule has 0 bridgehead atoms. The van der Waals surface area contributed by atoms with Gasteiger partial charge in [-0.1, -0.05) is 23.9 Å². The van der Waals surface area contributed by atoms with Crippen LogP contribution in [0.2, 0.25) is 0 Å². The maximum atomic E-state index is 13.1. The minimum Gasteiger partial charge on any atom is -0.492 e. The minimum atomic E-state index is -0.306. The van der Waals surface area contributed by atoms with E-state index in [1.54, 1.807) is 22.8 Å². The zero-order valence-corrected chi connectivity index (χ0v) is 15.8. The summed E-state index contributed by atoms with van der Waals surface area (Å²) in [4.78, 5) is 12.3. The highest BCUT2D eigenvalue weighted by Gasteiger charge is 2.14. The molecule has 2 aromatic carbocycles. The van der Waals surface area contributed by atoms with Crippen molar-refractivity contribution < 1.29 is 13.9 Å². The number of carbonyl (C=O) groups is 1. The summed E-state index contributed by atoms with van der Waals surface area (Å²) >= 11 is 1.27. The van der Waals surface area contributed by atoms with E-state index in [2.05, 4.69) is 15.5 Å². The molecule has 0 fully saturated rings. The molecule has 0 aliphatic carbocycles. The highest BCUT2D eigenvalue weighted by atomic mass is 32.2. The van der Waals surface area contributed by atoms with E-state index in [4.69, 9.17) is 4.74 Å². The number of ether oxygens (including phenoxy) is 1. The third-order valence-corrected chi connectivity index (χ3v) is 4.75. The van der Waals surface area contributed by atoms with Gasteiger partial charge in [-0.15, -0.1) is 10.2 Å². The highest BCUT2D eigenvalue weighted by Crippen LogP contribution is 2.25. The normalized spacial score (nSPS) is 10.6. The monoisotopic (exact) mass is 386 g/mol. The van der Waals surface area contributed by atoms with Gasteiger partial charge >= 0.3 is 0 Å². The molecule has 0 unspecified atom stereocenters. The molecule has 3 rings (SSSR count). The molecule has 6 nitrogen and oxygen atoms in total. The molecular formula is C19H19FN4O2S. The second kappa shape index (κ2) is 8.68. The van der Waals surface area contributed by atoms with Crippen LogP contribution < -0.4 is 10.1 Å². The fourth-order valence-corrected chi connectivity index (χ4v) is 3.17. The van der Waals surface area contributed by atoms with Crippen molar-refractivity contribution >= 4 is 23.4 Å². The quantitative estimate of drug-likeness (QED) is 0.627. The van der Waals surface area contributed by atoms with Gasteiger partial charge in [0.05, 0.1) is 18.0 Å². The first-order chi connectivity index (χ1) is 13.1. The number of benzene rings is 2. The zero-order valence-electron chi connectivity index (χ0n) is 15.0. The lowest BCUT2D eigenvalue weighted by Crippen LogP contribution is -2.15. The van der Waals surface area contributed by atoms with E-state index in [1.807, 2.05) is 32.2 Å². The first kappa shape index (κ1) is 18.9. The van der Waals surface area contributed by atoms with Gasteiger partial charge in [-0.25, -0.2) is 4.39 Å². The summed E-state index contributed by atoms with van der Waals surface area (Å²) < 4.78 is 20.4. The second-order valence-corrected chi connectivity index (χ2v) is 6.58. The Bertz CT molecular complexity index is 928. The first-order valence-electron chi connectivity index (χ1n) is 8.38. The van der Waals surface area contributed by atoms with Crippen LogP contribution in [-0.4, -0.2) is 33.0 Å². The Labute approximate surface area is 160 Å². The van der Waals surface area contributed by atoms with Gasteiger partial charge in [0.1, 0.15) is 11.6 Å². The Kier molecular flexibility index (Phi) is 6.08. The van der Waals surface area contributed by atoms with Crippen LogP contribution in [0.3, 0.4) is 0 Å². The third kappa shape index (κ3) is 4.65. The van der Waals surface area contributed by atoms with E-state index >= 15 is 0 Å². The van der Waals surface area contributed by atoms with Crippen molar-refractivity contribution in [3.8, 4) is 17.1 Å². The van der Waals surface area contributed by atoms with Crippen molar-refractivity contribution in [3.05, 3.63) is 54.3 Å². The first-order valence-corrected chi connectivity index (χ1v) is 9.37. The van der Waals surface area contributed by atoms with E-state index in [-0.39, 0.29) is 17.5 Å².